The van der Waals surface area contributed by atoms with Crippen molar-refractivity contribution >= 4 is 11.8 Å². The molecule has 1 N–H and O–H groups in total. The first-order valence-corrected chi connectivity index (χ1v) is 7.97. The van der Waals surface area contributed by atoms with Crippen molar-refractivity contribution in [3.8, 4) is 0 Å². The van der Waals surface area contributed by atoms with E-state index in [2.05, 4.69) is 10.3 Å². The SMILES string of the molecule is CCc1c(F)ncc(N(C)C(=O)OC(C)(C)C)c1C(CC)NC. The third-order valence-electron chi connectivity index (χ3n) is 3.64. The highest BCUT2D eigenvalue weighted by atomic mass is 19.1. The molecule has 0 aromatic carbocycles. The van der Waals surface area contributed by atoms with Gasteiger partial charge in [-0.05, 0) is 40.7 Å². The number of nitrogens with zero attached hydrogens (tertiary/aromatic N) is 2. The van der Waals surface area contributed by atoms with Crippen molar-refractivity contribution < 1.29 is 13.9 Å². The zero-order valence-corrected chi connectivity index (χ0v) is 15.2. The molecule has 1 aromatic heterocycles. The maximum absolute atomic E-state index is 14.1. The molecule has 1 aromatic rings. The second-order valence-electron chi connectivity index (χ2n) is 6.47. The number of rotatable bonds is 5. The summed E-state index contributed by atoms with van der Waals surface area (Å²) >= 11 is 0. The molecular weight excluding hydrogens is 297 g/mol. The minimum absolute atomic E-state index is 0.0673. The lowest BCUT2D eigenvalue weighted by atomic mass is 9.96. The van der Waals surface area contributed by atoms with E-state index in [4.69, 9.17) is 4.74 Å². The number of carbonyl (C=O) groups is 1. The van der Waals surface area contributed by atoms with Crippen LogP contribution >= 0.6 is 0 Å². The quantitative estimate of drug-likeness (QED) is 0.836. The van der Waals surface area contributed by atoms with Crippen molar-refractivity contribution in [3.05, 3.63) is 23.3 Å². The Kier molecular flexibility index (Phi) is 6.50. The average Bonchev–Trinajstić information content (AvgIpc) is 2.46. The van der Waals surface area contributed by atoms with Crippen molar-refractivity contribution in [2.24, 2.45) is 0 Å². The molecule has 0 aliphatic rings. The van der Waals surface area contributed by atoms with Crippen molar-refractivity contribution in [2.45, 2.75) is 59.1 Å². The van der Waals surface area contributed by atoms with Crippen LogP contribution < -0.4 is 10.2 Å². The summed E-state index contributed by atoms with van der Waals surface area (Å²) < 4.78 is 19.5. The lowest BCUT2D eigenvalue weighted by Crippen LogP contribution is -2.35. The van der Waals surface area contributed by atoms with E-state index >= 15 is 0 Å². The summed E-state index contributed by atoms with van der Waals surface area (Å²) in [4.78, 5) is 17.6. The predicted octanol–water partition coefficient (Wildman–Crippen LogP) is 3.82. The number of amides is 1. The highest BCUT2D eigenvalue weighted by Crippen LogP contribution is 2.32. The van der Waals surface area contributed by atoms with Gasteiger partial charge in [-0.1, -0.05) is 13.8 Å². The molecule has 23 heavy (non-hydrogen) atoms. The Bertz CT molecular complexity index is 552. The van der Waals surface area contributed by atoms with Gasteiger partial charge in [0.15, 0.2) is 0 Å². The number of pyridine rings is 1. The molecule has 0 bridgehead atoms. The molecule has 130 valence electrons. The van der Waals surface area contributed by atoms with E-state index < -0.39 is 17.6 Å². The molecule has 0 saturated carbocycles. The van der Waals surface area contributed by atoms with Gasteiger partial charge in [-0.15, -0.1) is 0 Å². The van der Waals surface area contributed by atoms with Gasteiger partial charge in [0, 0.05) is 24.2 Å². The summed E-state index contributed by atoms with van der Waals surface area (Å²) in [5.41, 5.74) is 1.26. The van der Waals surface area contributed by atoms with E-state index in [-0.39, 0.29) is 6.04 Å². The molecule has 5 nitrogen and oxygen atoms in total. The van der Waals surface area contributed by atoms with Crippen LogP contribution in [0.3, 0.4) is 0 Å². The third kappa shape index (κ3) is 4.64. The highest BCUT2D eigenvalue weighted by Gasteiger charge is 2.27. The van der Waals surface area contributed by atoms with Gasteiger partial charge in [0.1, 0.15) is 5.60 Å². The zero-order valence-electron chi connectivity index (χ0n) is 15.2. The Morgan fingerprint density at radius 2 is 2.04 bits per heavy atom. The molecule has 0 aliphatic heterocycles. The van der Waals surface area contributed by atoms with Crippen LogP contribution in [0.1, 0.15) is 58.2 Å². The summed E-state index contributed by atoms with van der Waals surface area (Å²) in [7, 11) is 3.44. The minimum atomic E-state index is -0.598. The number of halogens is 1. The smallest absolute Gasteiger partial charge is 0.414 e. The summed E-state index contributed by atoms with van der Waals surface area (Å²) in [6.07, 6.45) is 2.18. The van der Waals surface area contributed by atoms with E-state index in [1.807, 2.05) is 41.7 Å². The van der Waals surface area contributed by atoms with Crippen molar-refractivity contribution in [3.63, 3.8) is 0 Å². The average molecular weight is 325 g/mol. The number of ether oxygens (including phenoxy) is 1. The standard InChI is InChI=1S/C17H28FN3O2/c1-8-11-14(12(9-2)19-6)13(10-20-15(11)18)21(7)16(22)23-17(3,4)5/h10,12,19H,8-9H2,1-7H3. The normalized spacial score (nSPS) is 12.9. The molecule has 1 rings (SSSR count). The van der Waals surface area contributed by atoms with Crippen LogP contribution in [-0.2, 0) is 11.2 Å². The number of nitrogens with one attached hydrogen (secondary N) is 1. The third-order valence-corrected chi connectivity index (χ3v) is 3.64. The molecular formula is C17H28FN3O2. The van der Waals surface area contributed by atoms with E-state index in [1.54, 1.807) is 7.05 Å². The van der Waals surface area contributed by atoms with Crippen LogP contribution in [0.5, 0.6) is 0 Å². The van der Waals surface area contributed by atoms with Gasteiger partial charge >= 0.3 is 6.09 Å². The van der Waals surface area contributed by atoms with Gasteiger partial charge in [0.2, 0.25) is 5.95 Å². The van der Waals surface area contributed by atoms with Crippen molar-refractivity contribution in [1.82, 2.24) is 10.3 Å². The topological polar surface area (TPSA) is 54.5 Å². The van der Waals surface area contributed by atoms with E-state index in [9.17, 15) is 9.18 Å². The van der Waals surface area contributed by atoms with E-state index in [0.717, 1.165) is 12.0 Å². The first-order valence-electron chi connectivity index (χ1n) is 7.97. The summed E-state index contributed by atoms with van der Waals surface area (Å²) in [6, 6.07) is -0.0673. The molecule has 0 radical (unpaired) electrons. The summed E-state index contributed by atoms with van der Waals surface area (Å²) in [5.74, 6) is -0.488. The molecule has 1 atom stereocenters. The molecule has 0 saturated heterocycles. The Balaban J connectivity index is 3.37. The van der Waals surface area contributed by atoms with Crippen molar-refractivity contribution in [1.29, 1.82) is 0 Å². The molecule has 0 aliphatic carbocycles. The van der Waals surface area contributed by atoms with Crippen LogP contribution in [0, 0.1) is 5.95 Å². The van der Waals surface area contributed by atoms with Crippen LogP contribution in [0.15, 0.2) is 6.20 Å². The van der Waals surface area contributed by atoms with Crippen LogP contribution in [0.2, 0.25) is 0 Å². The van der Waals surface area contributed by atoms with Gasteiger partial charge in [-0.2, -0.15) is 4.39 Å². The molecule has 1 amide bonds. The van der Waals surface area contributed by atoms with Gasteiger partial charge < -0.3 is 10.1 Å². The Morgan fingerprint density at radius 1 is 1.43 bits per heavy atom. The summed E-state index contributed by atoms with van der Waals surface area (Å²) in [5, 5.41) is 3.18. The van der Waals surface area contributed by atoms with Gasteiger partial charge in [0.05, 0.1) is 11.9 Å². The molecule has 1 unspecified atom stereocenters. The van der Waals surface area contributed by atoms with E-state index in [0.29, 0.717) is 17.7 Å². The Labute approximate surface area is 138 Å². The fourth-order valence-electron chi connectivity index (χ4n) is 2.50. The number of carbonyl (C=O) groups excluding carboxylic acids is 1. The molecule has 6 heteroatoms. The summed E-state index contributed by atoms with van der Waals surface area (Å²) in [6.45, 7) is 9.31. The van der Waals surface area contributed by atoms with Crippen LogP contribution in [-0.4, -0.2) is 30.8 Å². The second kappa shape index (κ2) is 7.73. The van der Waals surface area contributed by atoms with Crippen LogP contribution in [0.4, 0.5) is 14.9 Å². The number of anilines is 1. The predicted molar refractivity (Wildman–Crippen MR) is 90.3 cm³/mol. The second-order valence-corrected chi connectivity index (χ2v) is 6.47. The van der Waals surface area contributed by atoms with Gasteiger partial charge in [-0.25, -0.2) is 9.78 Å². The number of aromatic nitrogens is 1. The molecule has 1 heterocycles. The monoisotopic (exact) mass is 325 g/mol. The lowest BCUT2D eigenvalue weighted by molar-refractivity contribution is 0.0589. The fraction of sp³-hybridized carbons (Fsp3) is 0.647. The highest BCUT2D eigenvalue weighted by molar-refractivity contribution is 5.88. The largest absolute Gasteiger partial charge is 0.443 e. The van der Waals surface area contributed by atoms with E-state index in [1.165, 1.54) is 11.1 Å². The molecule has 0 spiro atoms. The molecule has 0 fully saturated rings. The van der Waals surface area contributed by atoms with Gasteiger partial charge in [0.25, 0.3) is 0 Å². The van der Waals surface area contributed by atoms with Crippen LogP contribution in [0.25, 0.3) is 0 Å². The number of hydrogen-bond acceptors (Lipinski definition) is 4. The maximum atomic E-state index is 14.1. The maximum Gasteiger partial charge on any atom is 0.414 e. The van der Waals surface area contributed by atoms with Gasteiger partial charge in [-0.3, -0.25) is 4.90 Å². The van der Waals surface area contributed by atoms with Crippen molar-refractivity contribution in [2.75, 3.05) is 19.0 Å². The zero-order chi connectivity index (χ0) is 17.8. The first kappa shape index (κ1) is 19.4. The number of hydrogen-bond donors (Lipinski definition) is 1. The minimum Gasteiger partial charge on any atom is -0.443 e. The lowest BCUT2D eigenvalue weighted by Gasteiger charge is -2.29. The first-order chi connectivity index (χ1) is 10.7. The Morgan fingerprint density at radius 3 is 2.48 bits per heavy atom. The Hall–Kier alpha value is -1.69. The fourth-order valence-corrected chi connectivity index (χ4v) is 2.50.